The van der Waals surface area contributed by atoms with Gasteiger partial charge < -0.3 is 23.6 Å². The number of carbonyl (C=O) groups excluding carboxylic acids is 2. The van der Waals surface area contributed by atoms with Gasteiger partial charge in [0.2, 0.25) is 6.29 Å². The molecule has 1 aromatic heterocycles. The molecule has 1 amide bonds. The summed E-state index contributed by atoms with van der Waals surface area (Å²) in [4.78, 5) is 30.0. The normalized spacial score (nSPS) is 13.9. The zero-order valence-corrected chi connectivity index (χ0v) is 37.4. The number of allylic oxidation sites excluding steroid dienone is 10. The van der Waals surface area contributed by atoms with Crippen molar-refractivity contribution in [3.8, 4) is 5.75 Å². The number of aryl methyl sites for hydroxylation is 1. The summed E-state index contributed by atoms with van der Waals surface area (Å²) in [5, 5.41) is 2.86. The Kier molecular flexibility index (Phi) is 21.2. The van der Waals surface area contributed by atoms with E-state index in [2.05, 4.69) is 146 Å². The molecule has 1 aromatic rings. The number of unbranched alkanes of at least 4 members (excludes halogenated alkanes) is 1. The summed E-state index contributed by atoms with van der Waals surface area (Å²) in [7, 11) is -4.31. The molecule has 1 unspecified atom stereocenters. The number of ether oxygens (including phenoxy) is 2. The largest absolute Gasteiger partial charge is 0.542 e. The standard InChI is InChI=1S/C43H72N2O6Si2/c1-14-15-16-17-18-19-20-21-22-23-24-25-26-27-28-29-30-31-39(46)49-36(3)50-41(47)45-33-38-37(34-48-52(10,11)42(4,5)6)32-44-35(2)40(38)51-53(12,13)43(7,8)9/h15-16,18-19,21-22,24-25,27-28,32,36H,14,17,20,23,26,29-31,33-34H2,1-13H3,(H,45,47)/b16-15-,19-18-,22-21-,25-24-,28-27-. The molecule has 0 aliphatic heterocycles. The van der Waals surface area contributed by atoms with Crippen molar-refractivity contribution in [1.29, 1.82) is 0 Å². The Balaban J connectivity index is 2.65. The summed E-state index contributed by atoms with van der Waals surface area (Å²) < 4.78 is 24.1. The highest BCUT2D eigenvalue weighted by Crippen LogP contribution is 2.41. The second kappa shape index (κ2) is 23.5. The van der Waals surface area contributed by atoms with Gasteiger partial charge in [-0.2, -0.15) is 0 Å². The van der Waals surface area contributed by atoms with E-state index in [1.807, 2.05) is 13.1 Å². The number of nitrogens with one attached hydrogen (secondary N) is 1. The number of amides is 1. The zero-order chi connectivity index (χ0) is 40.1. The highest BCUT2D eigenvalue weighted by Gasteiger charge is 2.41. The van der Waals surface area contributed by atoms with E-state index < -0.39 is 35.0 Å². The lowest BCUT2D eigenvalue weighted by atomic mass is 10.1. The van der Waals surface area contributed by atoms with Gasteiger partial charge in [-0.25, -0.2) is 4.79 Å². The number of nitrogens with zero attached hydrogens (tertiary/aromatic N) is 1. The fraction of sp³-hybridized carbons (Fsp3) is 0.605. The van der Waals surface area contributed by atoms with E-state index in [0.29, 0.717) is 18.8 Å². The maximum atomic E-state index is 12.9. The van der Waals surface area contributed by atoms with E-state index in [9.17, 15) is 9.59 Å². The van der Waals surface area contributed by atoms with Crippen LogP contribution in [0.3, 0.4) is 0 Å². The van der Waals surface area contributed by atoms with Crippen LogP contribution in [-0.2, 0) is 31.8 Å². The fourth-order valence-corrected chi connectivity index (χ4v) is 6.40. The minimum atomic E-state index is -2.24. The van der Waals surface area contributed by atoms with Gasteiger partial charge in [0.25, 0.3) is 8.32 Å². The Morgan fingerprint density at radius 3 is 1.81 bits per heavy atom. The summed E-state index contributed by atoms with van der Waals surface area (Å²) in [6.07, 6.45) is 28.2. The molecule has 1 rings (SSSR count). The molecule has 0 bridgehead atoms. The SMILES string of the molecule is CC/C=C\C/C=C\C/C=C\C/C=C\C/C=C\CCCC(=O)OC(C)OC(=O)NCc1c(CO[Si](C)(C)C(C)(C)C)cnc(C)c1O[Si](C)(C)C(C)(C)C. The maximum Gasteiger partial charge on any atom is 0.410 e. The second-order valence-corrected chi connectivity index (χ2v) is 26.0. The minimum Gasteiger partial charge on any atom is -0.542 e. The first kappa shape index (κ1) is 47.8. The molecule has 1 heterocycles. The third kappa shape index (κ3) is 19.1. The average molecular weight is 769 g/mol. The van der Waals surface area contributed by atoms with Gasteiger partial charge in [-0.15, -0.1) is 0 Å². The van der Waals surface area contributed by atoms with Crippen LogP contribution in [0.5, 0.6) is 5.75 Å². The number of esters is 1. The quantitative estimate of drug-likeness (QED) is 0.0412. The molecule has 0 spiro atoms. The molecule has 8 nitrogen and oxygen atoms in total. The van der Waals surface area contributed by atoms with Crippen molar-refractivity contribution in [3.63, 3.8) is 0 Å². The second-order valence-electron chi connectivity index (χ2n) is 16.5. The highest BCUT2D eigenvalue weighted by atomic mass is 28.4. The number of pyridine rings is 1. The zero-order valence-electron chi connectivity index (χ0n) is 35.4. The van der Waals surface area contributed by atoms with Crippen molar-refractivity contribution in [2.75, 3.05) is 0 Å². The first-order valence-corrected chi connectivity index (χ1v) is 25.2. The lowest BCUT2D eigenvalue weighted by Crippen LogP contribution is -2.44. The van der Waals surface area contributed by atoms with Crippen LogP contribution in [0.4, 0.5) is 4.79 Å². The van der Waals surface area contributed by atoms with Gasteiger partial charge in [0.1, 0.15) is 5.75 Å². The lowest BCUT2D eigenvalue weighted by molar-refractivity contribution is -0.164. The van der Waals surface area contributed by atoms with E-state index >= 15 is 0 Å². The first-order chi connectivity index (χ1) is 24.7. The Labute approximate surface area is 324 Å². The predicted octanol–water partition coefficient (Wildman–Crippen LogP) is 12.3. The summed E-state index contributed by atoms with van der Waals surface area (Å²) in [5.41, 5.74) is 2.43. The molecular formula is C43H72N2O6Si2. The van der Waals surface area contributed by atoms with Crippen LogP contribution in [0.1, 0.15) is 124 Å². The first-order valence-electron chi connectivity index (χ1n) is 19.4. The summed E-state index contributed by atoms with van der Waals surface area (Å²) in [6, 6.07) is 0. The van der Waals surface area contributed by atoms with Gasteiger partial charge in [-0.1, -0.05) is 109 Å². The lowest BCUT2D eigenvalue weighted by Gasteiger charge is -2.38. The summed E-state index contributed by atoms with van der Waals surface area (Å²) in [5.74, 6) is 0.276. The molecule has 10 heteroatoms. The summed E-state index contributed by atoms with van der Waals surface area (Å²) >= 11 is 0. The van der Waals surface area contributed by atoms with Crippen LogP contribution in [0.15, 0.2) is 67.0 Å². The third-order valence-electron chi connectivity index (χ3n) is 9.85. The van der Waals surface area contributed by atoms with Gasteiger partial charge in [0.15, 0.2) is 8.32 Å². The van der Waals surface area contributed by atoms with Crippen LogP contribution >= 0.6 is 0 Å². The molecular weight excluding hydrogens is 697 g/mol. The van der Waals surface area contributed by atoms with Crippen LogP contribution in [0.2, 0.25) is 36.3 Å². The molecule has 0 saturated heterocycles. The Bertz CT molecular complexity index is 1410. The number of aromatic nitrogens is 1. The van der Waals surface area contributed by atoms with Gasteiger partial charge in [-0.05, 0) is 88.1 Å². The number of alkyl carbamates (subject to hydrolysis) is 1. The minimum absolute atomic E-state index is 0.0369. The van der Waals surface area contributed by atoms with Crippen molar-refractivity contribution in [1.82, 2.24) is 10.3 Å². The fourth-order valence-electron chi connectivity index (χ4n) is 4.37. The Morgan fingerprint density at radius 1 is 0.792 bits per heavy atom. The van der Waals surface area contributed by atoms with Crippen LogP contribution in [0, 0.1) is 6.92 Å². The van der Waals surface area contributed by atoms with Crippen LogP contribution in [-0.4, -0.2) is 40.0 Å². The molecule has 53 heavy (non-hydrogen) atoms. The van der Waals surface area contributed by atoms with Gasteiger partial charge in [0, 0.05) is 30.7 Å². The smallest absolute Gasteiger partial charge is 0.410 e. The van der Waals surface area contributed by atoms with Crippen molar-refractivity contribution < 1.29 is 27.9 Å². The molecule has 0 saturated carbocycles. The topological polar surface area (TPSA) is 96.0 Å². The van der Waals surface area contributed by atoms with E-state index in [-0.39, 0.29) is 23.0 Å². The molecule has 1 atom stereocenters. The maximum absolute atomic E-state index is 12.9. The Hall–Kier alpha value is -3.22. The molecule has 0 radical (unpaired) electrons. The molecule has 0 aromatic carbocycles. The molecule has 0 aliphatic rings. The molecule has 0 fully saturated rings. The number of carbonyl (C=O) groups is 2. The van der Waals surface area contributed by atoms with E-state index in [4.69, 9.17) is 18.3 Å². The van der Waals surface area contributed by atoms with Gasteiger partial charge >= 0.3 is 12.1 Å². The van der Waals surface area contributed by atoms with Crippen molar-refractivity contribution in [2.24, 2.45) is 0 Å². The Morgan fingerprint density at radius 2 is 1.30 bits per heavy atom. The number of hydrogen-bond donors (Lipinski definition) is 1. The van der Waals surface area contributed by atoms with Crippen molar-refractivity contribution in [2.45, 2.75) is 169 Å². The van der Waals surface area contributed by atoms with E-state index in [1.165, 1.54) is 0 Å². The van der Waals surface area contributed by atoms with Crippen molar-refractivity contribution >= 4 is 28.7 Å². The average Bonchev–Trinajstić information content (AvgIpc) is 3.04. The summed E-state index contributed by atoms with van der Waals surface area (Å²) in [6.45, 7) is 28.1. The van der Waals surface area contributed by atoms with E-state index in [0.717, 1.165) is 55.3 Å². The number of rotatable bonds is 22. The third-order valence-corrected chi connectivity index (χ3v) is 18.7. The monoisotopic (exact) mass is 768 g/mol. The van der Waals surface area contributed by atoms with Crippen LogP contribution < -0.4 is 9.74 Å². The van der Waals surface area contributed by atoms with Crippen molar-refractivity contribution in [3.05, 3.63) is 83.8 Å². The molecule has 298 valence electrons. The van der Waals surface area contributed by atoms with Gasteiger partial charge in [0.05, 0.1) is 18.8 Å². The van der Waals surface area contributed by atoms with E-state index in [1.54, 1.807) is 6.92 Å². The van der Waals surface area contributed by atoms with Crippen LogP contribution in [0.25, 0.3) is 0 Å². The number of hydrogen-bond acceptors (Lipinski definition) is 7. The van der Waals surface area contributed by atoms with Gasteiger partial charge in [-0.3, -0.25) is 9.78 Å². The predicted molar refractivity (Wildman–Crippen MR) is 226 cm³/mol. The highest BCUT2D eigenvalue weighted by molar-refractivity contribution is 6.75. The molecule has 1 N–H and O–H groups in total. The molecule has 0 aliphatic carbocycles.